The number of carbonyl (C=O) groups is 8. The largest absolute Gasteiger partial charge is 4.00 e. The van der Waals surface area contributed by atoms with Crippen LogP contribution in [-0.2, 0) is 64.6 Å². The van der Waals surface area contributed by atoms with Gasteiger partial charge >= 0.3 is 26.2 Å². The van der Waals surface area contributed by atoms with Gasteiger partial charge in [-0.2, -0.15) is 0 Å². The van der Waals surface area contributed by atoms with Crippen LogP contribution in [0.3, 0.4) is 0 Å². The minimum atomic E-state index is -0.340. The van der Waals surface area contributed by atoms with Crippen molar-refractivity contribution in [3.8, 4) is 0 Å². The molecule has 0 aliphatic heterocycles. The van der Waals surface area contributed by atoms with Crippen LogP contribution in [0.15, 0.2) is 0 Å². The number of nitrogens with zero attached hydrogens (tertiary/aromatic N) is 4. The molecule has 12 nitrogen and oxygen atoms in total. The summed E-state index contributed by atoms with van der Waals surface area (Å²) in [4.78, 5) is 109. The van der Waals surface area contributed by atoms with E-state index in [0.29, 0.717) is 73.0 Å². The van der Waals surface area contributed by atoms with Crippen LogP contribution in [0.1, 0.15) is 393 Å². The molecule has 0 N–H and O–H groups in total. The second kappa shape index (κ2) is 61.5. The Kier molecular flexibility index (Phi) is 59.9. The molecule has 0 heterocycles. The number of rotatable bonds is 52. The Hall–Kier alpha value is -2.56. The van der Waals surface area contributed by atoms with Gasteiger partial charge in [-0.1, -0.05) is 265 Å². The zero-order chi connectivity index (χ0) is 74.6. The van der Waals surface area contributed by atoms with Gasteiger partial charge in [-0.3, -0.25) is 38.4 Å². The van der Waals surface area contributed by atoms with Gasteiger partial charge in [0.2, 0.25) is 23.6 Å². The normalized spacial score (nSPS) is 19.6. The first kappa shape index (κ1) is 98.4. The van der Waals surface area contributed by atoms with E-state index >= 15 is 0 Å². The molecule has 0 saturated heterocycles. The Morgan fingerprint density at radius 1 is 0.257 bits per heavy atom. The molecule has 0 radical (unpaired) electrons. The van der Waals surface area contributed by atoms with Gasteiger partial charge in [0, 0.05) is 78.0 Å². The maximum atomic E-state index is 13.1. The third-order valence-corrected chi connectivity index (χ3v) is 23.8. The smallest absolute Gasteiger partial charge is 0.342 e. The average molecular weight is 1500 g/mol. The van der Waals surface area contributed by atoms with Crippen LogP contribution < -0.4 is 0 Å². The van der Waals surface area contributed by atoms with Gasteiger partial charge < -0.3 is 19.6 Å². The third-order valence-electron chi connectivity index (χ3n) is 23.8. The predicted molar refractivity (Wildman–Crippen MR) is 422 cm³/mol. The van der Waals surface area contributed by atoms with Crippen molar-refractivity contribution >= 4 is 46.8 Å². The molecule has 0 aromatic carbocycles. The number of Topliss-reactive ketones (excluding diaryl/α,β-unsaturated/α-hetero) is 4. The fraction of sp³-hybridized carbons (Fsp3) is 0.909. The van der Waals surface area contributed by atoms with Gasteiger partial charge in [-0.25, -0.2) is 0 Å². The molecule has 4 aliphatic rings. The maximum absolute atomic E-state index is 13.1. The fourth-order valence-corrected chi connectivity index (χ4v) is 16.0. The molecule has 4 saturated carbocycles. The Morgan fingerprint density at radius 2 is 0.386 bits per heavy atom. The van der Waals surface area contributed by atoms with Gasteiger partial charge in [0.15, 0.2) is 0 Å². The van der Waals surface area contributed by atoms with Crippen LogP contribution in [0.4, 0.5) is 0 Å². The van der Waals surface area contributed by atoms with Crippen LogP contribution in [0.5, 0.6) is 0 Å². The summed E-state index contributed by atoms with van der Waals surface area (Å²) in [5.41, 5.74) is 0. The van der Waals surface area contributed by atoms with E-state index in [-0.39, 0.29) is 96.6 Å². The van der Waals surface area contributed by atoms with Crippen molar-refractivity contribution in [3.63, 3.8) is 0 Å². The minimum Gasteiger partial charge on any atom is -0.342 e. The van der Waals surface area contributed by atoms with Crippen molar-refractivity contribution in [2.75, 3.05) is 52.4 Å². The number of ketones is 4. The van der Waals surface area contributed by atoms with E-state index in [4.69, 9.17) is 0 Å². The fourth-order valence-electron chi connectivity index (χ4n) is 16.0. The van der Waals surface area contributed by atoms with Crippen molar-refractivity contribution in [2.45, 2.75) is 393 Å². The second-order valence-electron chi connectivity index (χ2n) is 31.9. The van der Waals surface area contributed by atoms with E-state index in [2.05, 4.69) is 130 Å². The first-order valence-corrected chi connectivity index (χ1v) is 43.5. The maximum Gasteiger partial charge on any atom is 4.00 e. The monoisotopic (exact) mass is 1500 g/mol. The first-order valence-electron chi connectivity index (χ1n) is 43.5. The number of carbonyl (C=O) groups excluding carboxylic acids is 8. The molecule has 13 heteroatoms. The van der Waals surface area contributed by atoms with E-state index in [0.717, 1.165) is 155 Å². The summed E-state index contributed by atoms with van der Waals surface area (Å²) in [5, 5.41) is 0. The number of hydrogen-bond acceptors (Lipinski definition) is 8. The van der Waals surface area contributed by atoms with E-state index in [9.17, 15) is 38.4 Å². The molecule has 4 fully saturated rings. The standard InChI is InChI=1S/4C22H41NO2.Zr/c4*1-5-9-12-18(7-3)16-23(17-19(8-4)13-10-6-2)22(25)20-14-11-15-21(20)24;/h4*18-20H,5-17H2,1-4H3;/q;;;;+4. The molecule has 4 rings (SSSR count). The summed E-state index contributed by atoms with van der Waals surface area (Å²) in [5.74, 6) is 4.47. The van der Waals surface area contributed by atoms with Crippen LogP contribution in [0.2, 0.25) is 0 Å². The number of amides is 4. The van der Waals surface area contributed by atoms with Gasteiger partial charge in [0.25, 0.3) is 0 Å². The Morgan fingerprint density at radius 3 is 0.475 bits per heavy atom. The summed E-state index contributed by atoms with van der Waals surface area (Å²) in [6, 6.07) is 0. The van der Waals surface area contributed by atoms with Gasteiger partial charge in [-0.15, -0.1) is 0 Å². The molecule has 0 aromatic rings. The topological polar surface area (TPSA) is 150 Å². The van der Waals surface area contributed by atoms with Crippen LogP contribution >= 0.6 is 0 Å². The van der Waals surface area contributed by atoms with E-state index in [1.807, 2.05) is 0 Å². The summed E-state index contributed by atoms with van der Waals surface area (Å²) in [7, 11) is 0. The van der Waals surface area contributed by atoms with Crippen molar-refractivity contribution in [1.29, 1.82) is 0 Å². The zero-order valence-corrected chi connectivity index (χ0v) is 71.7. The number of unbranched alkanes of at least 4 members (excludes halogenated alkanes) is 8. The molecule has 0 bridgehead atoms. The molecule has 4 amide bonds. The Labute approximate surface area is 643 Å². The van der Waals surface area contributed by atoms with Crippen molar-refractivity contribution < 1.29 is 64.6 Å². The second-order valence-corrected chi connectivity index (χ2v) is 31.9. The van der Waals surface area contributed by atoms with Gasteiger partial charge in [0.1, 0.15) is 23.1 Å². The summed E-state index contributed by atoms with van der Waals surface area (Å²) in [6.07, 6.45) is 47.1. The number of hydrogen-bond donors (Lipinski definition) is 0. The quantitative estimate of drug-likeness (QED) is 0.0546. The molecule has 0 aromatic heterocycles. The summed E-state index contributed by atoms with van der Waals surface area (Å²) < 4.78 is 0. The Balaban J connectivity index is 0.00000132. The van der Waals surface area contributed by atoms with E-state index < -0.39 is 0 Å². The minimum absolute atomic E-state index is 0. The van der Waals surface area contributed by atoms with Gasteiger partial charge in [0.05, 0.1) is 23.7 Å². The van der Waals surface area contributed by atoms with Crippen LogP contribution in [0, 0.1) is 71.0 Å². The average Bonchev–Trinajstić information content (AvgIpc) is 1.83. The van der Waals surface area contributed by atoms with Crippen molar-refractivity contribution in [2.24, 2.45) is 71.0 Å². The van der Waals surface area contributed by atoms with Gasteiger partial charge in [-0.05, 0) is 150 Å². The molecule has 584 valence electrons. The molecular formula is C88H164N4O8Zr+4. The van der Waals surface area contributed by atoms with Crippen LogP contribution in [0.25, 0.3) is 0 Å². The SMILES string of the molecule is CCCCC(CC)CN(CC(CC)CCCC)C(=O)C1CCCC1=O.CCCCC(CC)CN(CC(CC)CCCC)C(=O)C1CCCC1=O.CCCCC(CC)CN(CC(CC)CCCC)C(=O)C1CCCC1=O.CCCCC(CC)CN(CC(CC)CCCC)C(=O)C1CCCC1=O.[Zr+4]. The Bertz CT molecular complexity index is 1810. The van der Waals surface area contributed by atoms with E-state index in [1.54, 1.807) is 0 Å². The third kappa shape index (κ3) is 39.7. The molecular weight excluding hydrogens is 1330 g/mol. The summed E-state index contributed by atoms with van der Waals surface area (Å²) >= 11 is 0. The van der Waals surface area contributed by atoms with E-state index in [1.165, 1.54) is 154 Å². The molecule has 12 atom stereocenters. The first-order chi connectivity index (χ1) is 48.3. The molecule has 4 aliphatic carbocycles. The molecule has 101 heavy (non-hydrogen) atoms. The molecule has 0 spiro atoms. The predicted octanol–water partition coefficient (Wildman–Crippen LogP) is 22.5. The summed E-state index contributed by atoms with van der Waals surface area (Å²) in [6.45, 7) is 42.5. The zero-order valence-electron chi connectivity index (χ0n) is 69.3. The van der Waals surface area contributed by atoms with Crippen LogP contribution in [-0.4, -0.2) is 119 Å². The molecule has 12 unspecified atom stereocenters. The van der Waals surface area contributed by atoms with Crippen molar-refractivity contribution in [1.82, 2.24) is 19.6 Å². The van der Waals surface area contributed by atoms with Crippen molar-refractivity contribution in [3.05, 3.63) is 0 Å².